The van der Waals surface area contributed by atoms with Gasteiger partial charge in [-0.1, -0.05) is 0 Å². The highest BCUT2D eigenvalue weighted by Crippen LogP contribution is 2.29. The highest BCUT2D eigenvalue weighted by atomic mass is 16.5. The van der Waals surface area contributed by atoms with Crippen LogP contribution in [0.15, 0.2) is 36.4 Å². The van der Waals surface area contributed by atoms with E-state index in [1.165, 1.54) is 0 Å². The molecule has 0 spiro atoms. The van der Waals surface area contributed by atoms with Crippen LogP contribution in [0.25, 0.3) is 0 Å². The summed E-state index contributed by atoms with van der Waals surface area (Å²) < 4.78 is 15.9. The molecule has 0 unspecified atom stereocenters. The molecule has 2 aliphatic rings. The summed E-state index contributed by atoms with van der Waals surface area (Å²) >= 11 is 0. The third-order valence-electron chi connectivity index (χ3n) is 6.60. The Kier molecular flexibility index (Phi) is 9.45. The van der Waals surface area contributed by atoms with Gasteiger partial charge in [-0.25, -0.2) is 4.79 Å². The van der Waals surface area contributed by atoms with E-state index in [0.29, 0.717) is 35.0 Å². The number of hydrogen-bond acceptors (Lipinski definition) is 7. The SMILES string of the molecule is COc1cc(NC(=O)Nc2ccc(N3CCCC3)c(C(=O)NCCCN3CCOCC3)c2)cc(OC)c1. The Labute approximate surface area is 218 Å². The van der Waals surface area contributed by atoms with Crippen molar-refractivity contribution in [1.29, 1.82) is 0 Å². The molecule has 200 valence electrons. The van der Waals surface area contributed by atoms with Crippen LogP contribution in [0, 0.1) is 0 Å². The molecule has 2 fully saturated rings. The Morgan fingerprint density at radius 2 is 1.57 bits per heavy atom. The van der Waals surface area contributed by atoms with Crippen molar-refractivity contribution in [3.8, 4) is 11.5 Å². The third-order valence-corrected chi connectivity index (χ3v) is 6.60. The van der Waals surface area contributed by atoms with E-state index in [-0.39, 0.29) is 5.91 Å². The number of amides is 3. The van der Waals surface area contributed by atoms with Gasteiger partial charge in [0.25, 0.3) is 5.91 Å². The van der Waals surface area contributed by atoms with Crippen molar-refractivity contribution in [2.24, 2.45) is 0 Å². The van der Waals surface area contributed by atoms with E-state index in [0.717, 1.165) is 70.9 Å². The van der Waals surface area contributed by atoms with Crippen LogP contribution in [-0.2, 0) is 4.74 Å². The minimum atomic E-state index is -0.430. The van der Waals surface area contributed by atoms with Gasteiger partial charge in [0.05, 0.1) is 33.0 Å². The number of hydrogen-bond donors (Lipinski definition) is 3. The minimum absolute atomic E-state index is 0.134. The molecule has 2 aliphatic heterocycles. The maximum atomic E-state index is 13.2. The molecule has 2 aromatic rings. The fourth-order valence-corrected chi connectivity index (χ4v) is 4.63. The molecule has 4 rings (SSSR count). The number of nitrogens with zero attached hydrogens (tertiary/aromatic N) is 2. The first-order chi connectivity index (χ1) is 18.1. The van der Waals surface area contributed by atoms with Gasteiger partial charge in [-0.2, -0.15) is 0 Å². The first-order valence-corrected chi connectivity index (χ1v) is 12.8. The summed E-state index contributed by atoms with van der Waals surface area (Å²) in [5.74, 6) is 1.000. The van der Waals surface area contributed by atoms with Crippen LogP contribution in [0.3, 0.4) is 0 Å². The number of nitrogens with one attached hydrogen (secondary N) is 3. The van der Waals surface area contributed by atoms with E-state index in [2.05, 4.69) is 25.8 Å². The number of carbonyl (C=O) groups excluding carboxylic acids is 2. The Bertz CT molecular complexity index is 1040. The van der Waals surface area contributed by atoms with Crippen LogP contribution in [0.4, 0.5) is 21.9 Å². The maximum absolute atomic E-state index is 13.2. The normalized spacial score (nSPS) is 15.8. The summed E-state index contributed by atoms with van der Waals surface area (Å²) in [5, 5.41) is 8.71. The predicted molar refractivity (Wildman–Crippen MR) is 144 cm³/mol. The average molecular weight is 512 g/mol. The van der Waals surface area contributed by atoms with Crippen LogP contribution in [-0.4, -0.2) is 83.5 Å². The average Bonchev–Trinajstić information content (AvgIpc) is 3.46. The number of morpholine rings is 1. The topological polar surface area (TPSA) is 104 Å². The number of benzene rings is 2. The largest absolute Gasteiger partial charge is 0.497 e. The van der Waals surface area contributed by atoms with Gasteiger partial charge < -0.3 is 35.1 Å². The van der Waals surface area contributed by atoms with Gasteiger partial charge in [-0.15, -0.1) is 0 Å². The van der Waals surface area contributed by atoms with Crippen molar-refractivity contribution in [3.63, 3.8) is 0 Å². The highest BCUT2D eigenvalue weighted by Gasteiger charge is 2.21. The van der Waals surface area contributed by atoms with Crippen molar-refractivity contribution in [3.05, 3.63) is 42.0 Å². The Morgan fingerprint density at radius 3 is 2.24 bits per heavy atom. The Balaban J connectivity index is 1.41. The van der Waals surface area contributed by atoms with Crippen molar-refractivity contribution < 1.29 is 23.8 Å². The molecule has 0 bridgehead atoms. The Morgan fingerprint density at radius 1 is 0.892 bits per heavy atom. The molecule has 3 N–H and O–H groups in total. The first-order valence-electron chi connectivity index (χ1n) is 12.8. The summed E-state index contributed by atoms with van der Waals surface area (Å²) in [6.07, 6.45) is 3.08. The molecule has 0 aliphatic carbocycles. The van der Waals surface area contributed by atoms with Crippen molar-refractivity contribution in [2.75, 3.05) is 82.2 Å². The summed E-state index contributed by atoms with van der Waals surface area (Å²) in [6, 6.07) is 10.2. The second-order valence-corrected chi connectivity index (χ2v) is 9.17. The monoisotopic (exact) mass is 511 g/mol. The van der Waals surface area contributed by atoms with E-state index >= 15 is 0 Å². The highest BCUT2D eigenvalue weighted by molar-refractivity contribution is 6.04. The van der Waals surface area contributed by atoms with Gasteiger partial charge in [0, 0.05) is 68.0 Å². The Hall–Kier alpha value is -3.50. The van der Waals surface area contributed by atoms with Crippen molar-refractivity contribution in [1.82, 2.24) is 10.2 Å². The summed E-state index contributed by atoms with van der Waals surface area (Å²) in [4.78, 5) is 30.5. The van der Waals surface area contributed by atoms with Crippen LogP contribution in [0.1, 0.15) is 29.6 Å². The van der Waals surface area contributed by atoms with Gasteiger partial charge in [0.15, 0.2) is 0 Å². The zero-order valence-corrected chi connectivity index (χ0v) is 21.7. The number of methoxy groups -OCH3 is 2. The van der Waals surface area contributed by atoms with E-state index in [9.17, 15) is 9.59 Å². The number of urea groups is 1. The molecule has 37 heavy (non-hydrogen) atoms. The second kappa shape index (κ2) is 13.2. The van der Waals surface area contributed by atoms with Crippen LogP contribution >= 0.6 is 0 Å². The fourth-order valence-electron chi connectivity index (χ4n) is 4.63. The zero-order valence-electron chi connectivity index (χ0n) is 21.7. The number of rotatable bonds is 10. The second-order valence-electron chi connectivity index (χ2n) is 9.17. The van der Waals surface area contributed by atoms with E-state index in [1.54, 1.807) is 38.5 Å². The van der Waals surface area contributed by atoms with Gasteiger partial charge >= 0.3 is 6.03 Å². The van der Waals surface area contributed by atoms with Gasteiger partial charge in [-0.05, 0) is 44.0 Å². The molecule has 2 aromatic carbocycles. The van der Waals surface area contributed by atoms with Crippen molar-refractivity contribution >= 4 is 29.0 Å². The van der Waals surface area contributed by atoms with E-state index < -0.39 is 6.03 Å². The van der Waals surface area contributed by atoms with E-state index in [1.807, 2.05) is 12.1 Å². The molecule has 2 saturated heterocycles. The smallest absolute Gasteiger partial charge is 0.323 e. The van der Waals surface area contributed by atoms with Crippen LogP contribution in [0.2, 0.25) is 0 Å². The van der Waals surface area contributed by atoms with Gasteiger partial charge in [0.2, 0.25) is 0 Å². The van der Waals surface area contributed by atoms with Crippen molar-refractivity contribution in [2.45, 2.75) is 19.3 Å². The summed E-state index contributed by atoms with van der Waals surface area (Å²) in [7, 11) is 3.10. The minimum Gasteiger partial charge on any atom is -0.497 e. The van der Waals surface area contributed by atoms with E-state index in [4.69, 9.17) is 14.2 Å². The number of carbonyl (C=O) groups is 2. The molecule has 0 atom stereocenters. The quantitative estimate of drug-likeness (QED) is 0.420. The lowest BCUT2D eigenvalue weighted by molar-refractivity contribution is 0.0374. The molecule has 0 aromatic heterocycles. The molecule has 10 nitrogen and oxygen atoms in total. The predicted octanol–water partition coefficient (Wildman–Crippen LogP) is 3.40. The molecule has 3 amide bonds. The molecule has 0 radical (unpaired) electrons. The lowest BCUT2D eigenvalue weighted by atomic mass is 10.1. The van der Waals surface area contributed by atoms with Gasteiger partial charge in [0.1, 0.15) is 11.5 Å². The lowest BCUT2D eigenvalue weighted by Crippen LogP contribution is -2.38. The van der Waals surface area contributed by atoms with Gasteiger partial charge in [-0.3, -0.25) is 9.69 Å². The summed E-state index contributed by atoms with van der Waals surface area (Å²) in [6.45, 7) is 6.76. The number of ether oxygens (including phenoxy) is 3. The molecular weight excluding hydrogens is 474 g/mol. The third kappa shape index (κ3) is 7.50. The molecular formula is C27H37N5O5. The molecule has 2 heterocycles. The van der Waals surface area contributed by atoms with Crippen LogP contribution in [0.5, 0.6) is 11.5 Å². The summed E-state index contributed by atoms with van der Waals surface area (Å²) in [5.41, 5.74) is 2.52. The number of anilines is 3. The zero-order chi connectivity index (χ0) is 26.0. The lowest BCUT2D eigenvalue weighted by Gasteiger charge is -2.26. The first kappa shape index (κ1) is 26.6. The fraction of sp³-hybridized carbons (Fsp3) is 0.481. The standard InChI is InChI=1S/C27H37N5O5/c1-35-22-16-21(17-23(19-22)36-2)30-27(34)29-20-6-7-25(32-10-3-4-11-32)24(18-20)26(33)28-8-5-9-31-12-14-37-15-13-31/h6-7,16-19H,3-5,8-15H2,1-2H3,(H,28,33)(H2,29,30,34). The van der Waals surface area contributed by atoms with Crippen LogP contribution < -0.4 is 30.3 Å². The molecule has 0 saturated carbocycles. The maximum Gasteiger partial charge on any atom is 0.323 e. The molecule has 10 heteroatoms.